The Balaban J connectivity index is 2.22. The van der Waals surface area contributed by atoms with E-state index in [-0.39, 0.29) is 11.9 Å². The summed E-state index contributed by atoms with van der Waals surface area (Å²) in [7, 11) is 1.92. The van der Waals surface area contributed by atoms with Crippen molar-refractivity contribution < 1.29 is 4.39 Å². The van der Waals surface area contributed by atoms with E-state index in [1.807, 2.05) is 13.1 Å². The Kier molecular flexibility index (Phi) is 4.95. The molecule has 5 heteroatoms. The van der Waals surface area contributed by atoms with Crippen LogP contribution in [0.25, 0.3) is 0 Å². The van der Waals surface area contributed by atoms with Crippen molar-refractivity contribution in [2.45, 2.75) is 12.5 Å². The Hall–Kier alpha value is -0.230. The second-order valence-electron chi connectivity index (χ2n) is 3.94. The molecule has 1 atom stereocenters. The molecule has 0 amide bonds. The zero-order valence-electron chi connectivity index (χ0n) is 9.71. The molecule has 2 aromatic rings. The Morgan fingerprint density at radius 2 is 2.11 bits per heavy atom. The predicted octanol–water partition coefficient (Wildman–Crippen LogP) is 4.92. The summed E-state index contributed by atoms with van der Waals surface area (Å²) in [6, 6.07) is 7.11. The molecule has 0 aliphatic rings. The van der Waals surface area contributed by atoms with E-state index in [4.69, 9.17) is 0 Å². The average molecular weight is 393 g/mol. The second-order valence-corrected chi connectivity index (χ2v) is 6.71. The predicted molar refractivity (Wildman–Crippen MR) is 81.6 cm³/mol. The van der Waals surface area contributed by atoms with Crippen molar-refractivity contribution in [2.75, 3.05) is 7.05 Å². The molecule has 1 aromatic heterocycles. The highest BCUT2D eigenvalue weighted by Crippen LogP contribution is 2.29. The minimum Gasteiger partial charge on any atom is -0.313 e. The standard InChI is InChI=1S/C13H12Br2FNS/c1-17-13(6-10-4-8(14)7-18-10)11-3-2-9(16)5-12(11)15/h2-5,7,13,17H,6H2,1H3. The zero-order chi connectivity index (χ0) is 13.1. The van der Waals surface area contributed by atoms with E-state index in [9.17, 15) is 4.39 Å². The van der Waals surface area contributed by atoms with Crippen LogP contribution >= 0.6 is 43.2 Å². The van der Waals surface area contributed by atoms with Crippen LogP contribution in [0.1, 0.15) is 16.5 Å². The molecule has 1 unspecified atom stereocenters. The van der Waals surface area contributed by atoms with Crippen LogP contribution in [0.15, 0.2) is 38.6 Å². The lowest BCUT2D eigenvalue weighted by molar-refractivity contribution is 0.586. The summed E-state index contributed by atoms with van der Waals surface area (Å²) >= 11 is 8.60. The first-order chi connectivity index (χ1) is 8.60. The topological polar surface area (TPSA) is 12.0 Å². The molecule has 1 N–H and O–H groups in total. The molecule has 1 heterocycles. The molecule has 1 aromatic carbocycles. The summed E-state index contributed by atoms with van der Waals surface area (Å²) < 4.78 is 15.0. The molecule has 0 radical (unpaired) electrons. The SMILES string of the molecule is CNC(Cc1cc(Br)cs1)c1ccc(F)cc1Br. The van der Waals surface area contributed by atoms with Crippen LogP contribution in [0, 0.1) is 5.82 Å². The molecule has 1 nitrogen and oxygen atoms in total. The maximum atomic E-state index is 13.1. The van der Waals surface area contributed by atoms with Crippen LogP contribution < -0.4 is 5.32 Å². The van der Waals surface area contributed by atoms with Gasteiger partial charge in [-0.1, -0.05) is 22.0 Å². The summed E-state index contributed by atoms with van der Waals surface area (Å²) in [5.74, 6) is -0.223. The van der Waals surface area contributed by atoms with E-state index in [0.29, 0.717) is 0 Å². The highest BCUT2D eigenvalue weighted by atomic mass is 79.9. The van der Waals surface area contributed by atoms with Crippen molar-refractivity contribution in [1.29, 1.82) is 0 Å². The number of hydrogen-bond acceptors (Lipinski definition) is 2. The van der Waals surface area contributed by atoms with Gasteiger partial charge in [-0.05, 0) is 46.7 Å². The number of thiophene rings is 1. The van der Waals surface area contributed by atoms with Gasteiger partial charge in [0, 0.05) is 31.7 Å². The molecule has 0 fully saturated rings. The minimum atomic E-state index is -0.223. The van der Waals surface area contributed by atoms with Gasteiger partial charge in [-0.3, -0.25) is 0 Å². The van der Waals surface area contributed by atoms with Gasteiger partial charge in [0.2, 0.25) is 0 Å². The van der Waals surface area contributed by atoms with Gasteiger partial charge < -0.3 is 5.32 Å². The Bertz CT molecular complexity index is 542. The smallest absolute Gasteiger partial charge is 0.124 e. The van der Waals surface area contributed by atoms with Crippen molar-refractivity contribution in [3.8, 4) is 0 Å². The van der Waals surface area contributed by atoms with Crippen LogP contribution in [0.5, 0.6) is 0 Å². The maximum Gasteiger partial charge on any atom is 0.124 e. The maximum absolute atomic E-state index is 13.1. The molecule has 0 saturated carbocycles. The van der Waals surface area contributed by atoms with Gasteiger partial charge in [0.15, 0.2) is 0 Å². The highest BCUT2D eigenvalue weighted by Gasteiger charge is 2.14. The third-order valence-corrected chi connectivity index (χ3v) is 5.12. The summed E-state index contributed by atoms with van der Waals surface area (Å²) in [5, 5.41) is 5.35. The Morgan fingerprint density at radius 3 is 2.67 bits per heavy atom. The summed E-state index contributed by atoms with van der Waals surface area (Å²) in [6.07, 6.45) is 0.886. The fourth-order valence-corrected chi connectivity index (χ4v) is 3.94. The number of hydrogen-bond donors (Lipinski definition) is 1. The summed E-state index contributed by atoms with van der Waals surface area (Å²) in [5.41, 5.74) is 1.07. The van der Waals surface area contributed by atoms with Crippen molar-refractivity contribution in [1.82, 2.24) is 5.32 Å². The van der Waals surface area contributed by atoms with Crippen LogP contribution in [-0.4, -0.2) is 7.05 Å². The lowest BCUT2D eigenvalue weighted by Gasteiger charge is -2.17. The molecule has 0 bridgehead atoms. The molecule has 0 aliphatic carbocycles. The van der Waals surface area contributed by atoms with Gasteiger partial charge in [-0.25, -0.2) is 4.39 Å². The quantitative estimate of drug-likeness (QED) is 0.778. The lowest BCUT2D eigenvalue weighted by Crippen LogP contribution is -2.19. The Labute approximate surface area is 127 Å². The normalized spacial score (nSPS) is 12.7. The first-order valence-corrected chi connectivity index (χ1v) is 7.92. The third kappa shape index (κ3) is 3.41. The lowest BCUT2D eigenvalue weighted by atomic mass is 10.0. The summed E-state index contributed by atoms with van der Waals surface area (Å²) in [6.45, 7) is 0. The van der Waals surface area contributed by atoms with Gasteiger partial charge in [-0.15, -0.1) is 11.3 Å². The number of benzene rings is 1. The van der Waals surface area contributed by atoms with Crippen LogP contribution in [0.4, 0.5) is 4.39 Å². The first-order valence-electron chi connectivity index (χ1n) is 5.45. The van der Waals surface area contributed by atoms with Gasteiger partial charge in [0.1, 0.15) is 5.82 Å². The van der Waals surface area contributed by atoms with E-state index in [1.54, 1.807) is 11.3 Å². The fraction of sp³-hybridized carbons (Fsp3) is 0.231. The molecule has 2 rings (SSSR count). The zero-order valence-corrected chi connectivity index (χ0v) is 13.7. The van der Waals surface area contributed by atoms with Crippen molar-refractivity contribution in [3.05, 3.63) is 54.8 Å². The van der Waals surface area contributed by atoms with Crippen LogP contribution in [0.2, 0.25) is 0 Å². The molecular weight excluding hydrogens is 381 g/mol. The van der Waals surface area contributed by atoms with E-state index >= 15 is 0 Å². The van der Waals surface area contributed by atoms with Crippen molar-refractivity contribution in [2.24, 2.45) is 0 Å². The minimum absolute atomic E-state index is 0.172. The highest BCUT2D eigenvalue weighted by molar-refractivity contribution is 9.10. The van der Waals surface area contributed by atoms with Gasteiger partial charge in [0.05, 0.1) is 0 Å². The molecular formula is C13H12Br2FNS. The summed E-state index contributed by atoms with van der Waals surface area (Å²) in [4.78, 5) is 1.29. The van der Waals surface area contributed by atoms with Crippen molar-refractivity contribution in [3.63, 3.8) is 0 Å². The van der Waals surface area contributed by atoms with Gasteiger partial charge in [0.25, 0.3) is 0 Å². The van der Waals surface area contributed by atoms with E-state index in [2.05, 4.69) is 48.6 Å². The largest absolute Gasteiger partial charge is 0.313 e. The van der Waals surface area contributed by atoms with E-state index in [1.165, 1.54) is 17.0 Å². The van der Waals surface area contributed by atoms with Crippen molar-refractivity contribution >= 4 is 43.2 Å². The number of nitrogens with one attached hydrogen (secondary N) is 1. The molecule has 0 saturated heterocycles. The van der Waals surface area contributed by atoms with Gasteiger partial charge >= 0.3 is 0 Å². The third-order valence-electron chi connectivity index (χ3n) is 2.71. The van der Waals surface area contributed by atoms with Crippen LogP contribution in [-0.2, 0) is 6.42 Å². The van der Waals surface area contributed by atoms with E-state index in [0.717, 1.165) is 20.9 Å². The number of likely N-dealkylation sites (N-methyl/N-ethyl adjacent to an activating group) is 1. The fourth-order valence-electron chi connectivity index (χ4n) is 1.81. The molecule has 96 valence electrons. The monoisotopic (exact) mass is 391 g/mol. The van der Waals surface area contributed by atoms with E-state index < -0.39 is 0 Å². The second kappa shape index (κ2) is 6.28. The average Bonchev–Trinajstić information content (AvgIpc) is 2.72. The Morgan fingerprint density at radius 1 is 1.33 bits per heavy atom. The first kappa shape index (κ1) is 14.2. The molecule has 0 spiro atoms. The number of halogens is 3. The van der Waals surface area contributed by atoms with Gasteiger partial charge in [-0.2, -0.15) is 0 Å². The number of rotatable bonds is 4. The molecule has 0 aliphatic heterocycles. The molecule has 18 heavy (non-hydrogen) atoms. The van der Waals surface area contributed by atoms with Crippen LogP contribution in [0.3, 0.4) is 0 Å².